The Hall–Kier alpha value is -1.59. The minimum absolute atomic E-state index is 0.0630. The van der Waals surface area contributed by atoms with Crippen molar-refractivity contribution < 1.29 is 28.6 Å². The maximum absolute atomic E-state index is 12.6. The molecule has 326 valence electrons. The highest BCUT2D eigenvalue weighted by Crippen LogP contribution is 2.16. The predicted octanol–water partition coefficient (Wildman–Crippen LogP) is 15.6. The van der Waals surface area contributed by atoms with Crippen molar-refractivity contribution in [3.05, 3.63) is 0 Å². The molecule has 0 radical (unpaired) electrons. The number of hydrogen-bond acceptors (Lipinski definition) is 6. The lowest BCUT2D eigenvalue weighted by atomic mass is 10.0. The maximum atomic E-state index is 12.6. The van der Waals surface area contributed by atoms with Crippen molar-refractivity contribution in [3.8, 4) is 0 Å². The van der Waals surface area contributed by atoms with Gasteiger partial charge >= 0.3 is 17.9 Å². The van der Waals surface area contributed by atoms with Gasteiger partial charge in [-0.2, -0.15) is 0 Å². The van der Waals surface area contributed by atoms with Gasteiger partial charge in [-0.05, 0) is 19.3 Å². The van der Waals surface area contributed by atoms with Crippen LogP contribution in [0.25, 0.3) is 0 Å². The van der Waals surface area contributed by atoms with Gasteiger partial charge in [-0.25, -0.2) is 0 Å². The van der Waals surface area contributed by atoms with Gasteiger partial charge in [0.25, 0.3) is 0 Å². The number of esters is 3. The Kier molecular flexibility index (Phi) is 43.8. The van der Waals surface area contributed by atoms with Gasteiger partial charge in [-0.1, -0.05) is 239 Å². The van der Waals surface area contributed by atoms with Gasteiger partial charge in [0.1, 0.15) is 13.2 Å². The smallest absolute Gasteiger partial charge is 0.306 e. The summed E-state index contributed by atoms with van der Waals surface area (Å²) in [5.74, 6) is -0.854. The molecule has 6 heteroatoms. The maximum Gasteiger partial charge on any atom is 0.306 e. The minimum atomic E-state index is -0.757. The number of ether oxygens (including phenoxy) is 3. The highest BCUT2D eigenvalue weighted by atomic mass is 16.6. The Bertz CT molecular complexity index is 813. The van der Waals surface area contributed by atoms with Crippen LogP contribution in [-0.4, -0.2) is 37.2 Å². The van der Waals surface area contributed by atoms with Crippen LogP contribution in [0.1, 0.15) is 278 Å². The van der Waals surface area contributed by atoms with Crippen LogP contribution in [-0.2, 0) is 28.6 Å². The van der Waals surface area contributed by atoms with Crippen LogP contribution in [0, 0.1) is 0 Å². The van der Waals surface area contributed by atoms with Gasteiger partial charge in [0.15, 0.2) is 6.10 Å². The molecule has 0 aliphatic heterocycles. The normalized spacial score (nSPS) is 11.8. The largest absolute Gasteiger partial charge is 0.462 e. The van der Waals surface area contributed by atoms with E-state index in [1.165, 1.54) is 180 Å². The first kappa shape index (κ1) is 53.4. The summed E-state index contributed by atoms with van der Waals surface area (Å²) in [6, 6.07) is 0. The molecule has 0 aromatic rings. The fourth-order valence-corrected chi connectivity index (χ4v) is 7.38. The van der Waals surface area contributed by atoms with E-state index in [2.05, 4.69) is 20.8 Å². The van der Waals surface area contributed by atoms with Gasteiger partial charge in [0, 0.05) is 19.3 Å². The molecule has 0 aliphatic rings. The van der Waals surface area contributed by atoms with Gasteiger partial charge < -0.3 is 14.2 Å². The third kappa shape index (κ3) is 43.4. The van der Waals surface area contributed by atoms with E-state index in [0.29, 0.717) is 19.3 Å². The second kappa shape index (κ2) is 45.1. The molecule has 0 unspecified atom stereocenters. The van der Waals surface area contributed by atoms with Crippen molar-refractivity contribution in [3.63, 3.8) is 0 Å². The molecule has 0 fully saturated rings. The molecule has 0 amide bonds. The Morgan fingerprint density at radius 1 is 0.291 bits per heavy atom. The van der Waals surface area contributed by atoms with Crippen LogP contribution in [0.3, 0.4) is 0 Å². The molecule has 0 N–H and O–H groups in total. The quantitative estimate of drug-likeness (QED) is 0.0348. The van der Waals surface area contributed by atoms with Crippen molar-refractivity contribution in [2.45, 2.75) is 284 Å². The minimum Gasteiger partial charge on any atom is -0.462 e. The summed E-state index contributed by atoms with van der Waals surface area (Å²) >= 11 is 0. The summed E-state index contributed by atoms with van der Waals surface area (Å²) in [6.45, 7) is 6.63. The van der Waals surface area contributed by atoms with Crippen LogP contribution in [0.4, 0.5) is 0 Å². The van der Waals surface area contributed by atoms with Gasteiger partial charge in [-0.15, -0.1) is 0 Å². The SMILES string of the molecule is CCCCCCCCCCCCCCCCCCCCC(=O)OC[C@H](COC(=O)CCCCCCCCCCCCCC)OC(=O)CCCCCCCCC. The van der Waals surface area contributed by atoms with Gasteiger partial charge in [0.2, 0.25) is 0 Å². The fraction of sp³-hybridized carbons (Fsp3) is 0.939. The molecule has 0 spiro atoms. The zero-order valence-electron chi connectivity index (χ0n) is 37.2. The molecule has 0 aromatic heterocycles. The summed E-state index contributed by atoms with van der Waals surface area (Å²) in [5.41, 5.74) is 0. The van der Waals surface area contributed by atoms with Crippen LogP contribution in [0.5, 0.6) is 0 Å². The van der Waals surface area contributed by atoms with E-state index in [1.807, 2.05) is 0 Å². The topological polar surface area (TPSA) is 78.9 Å². The molecular formula is C49H94O6. The highest BCUT2D eigenvalue weighted by Gasteiger charge is 2.19. The van der Waals surface area contributed by atoms with Crippen LogP contribution < -0.4 is 0 Å². The van der Waals surface area contributed by atoms with Gasteiger partial charge in [-0.3, -0.25) is 14.4 Å². The van der Waals surface area contributed by atoms with Crippen LogP contribution in [0.2, 0.25) is 0 Å². The van der Waals surface area contributed by atoms with Crippen molar-refractivity contribution in [2.24, 2.45) is 0 Å². The average Bonchev–Trinajstić information content (AvgIpc) is 3.18. The fourth-order valence-electron chi connectivity index (χ4n) is 7.38. The summed E-state index contributed by atoms with van der Waals surface area (Å²) < 4.78 is 16.7. The highest BCUT2D eigenvalue weighted by molar-refractivity contribution is 5.71. The first-order valence-electron chi connectivity index (χ1n) is 24.5. The van der Waals surface area contributed by atoms with Crippen LogP contribution in [0.15, 0.2) is 0 Å². The van der Waals surface area contributed by atoms with E-state index in [1.54, 1.807) is 0 Å². The third-order valence-corrected chi connectivity index (χ3v) is 11.1. The molecule has 1 atom stereocenters. The molecule has 0 aromatic carbocycles. The first-order valence-corrected chi connectivity index (χ1v) is 24.5. The molecule has 0 saturated heterocycles. The van der Waals surface area contributed by atoms with E-state index in [0.717, 1.165) is 57.8 Å². The Balaban J connectivity index is 4.15. The van der Waals surface area contributed by atoms with Crippen molar-refractivity contribution >= 4 is 17.9 Å². The lowest BCUT2D eigenvalue weighted by Crippen LogP contribution is -2.30. The lowest BCUT2D eigenvalue weighted by Gasteiger charge is -2.18. The molecular weight excluding hydrogens is 685 g/mol. The Morgan fingerprint density at radius 3 is 0.727 bits per heavy atom. The molecule has 6 nitrogen and oxygen atoms in total. The van der Waals surface area contributed by atoms with E-state index < -0.39 is 6.10 Å². The molecule has 0 heterocycles. The van der Waals surface area contributed by atoms with E-state index in [4.69, 9.17) is 14.2 Å². The van der Waals surface area contributed by atoms with E-state index in [-0.39, 0.29) is 31.1 Å². The second-order valence-corrected chi connectivity index (χ2v) is 16.7. The molecule has 0 saturated carbocycles. The van der Waals surface area contributed by atoms with Crippen molar-refractivity contribution in [1.82, 2.24) is 0 Å². The number of hydrogen-bond donors (Lipinski definition) is 0. The van der Waals surface area contributed by atoms with Crippen molar-refractivity contribution in [2.75, 3.05) is 13.2 Å². The molecule has 55 heavy (non-hydrogen) atoms. The Labute approximate surface area is 342 Å². The summed E-state index contributed by atoms with van der Waals surface area (Å²) in [7, 11) is 0. The van der Waals surface area contributed by atoms with Crippen molar-refractivity contribution in [1.29, 1.82) is 0 Å². The number of unbranched alkanes of at least 4 members (excludes halogenated alkanes) is 34. The van der Waals surface area contributed by atoms with E-state index >= 15 is 0 Å². The van der Waals surface area contributed by atoms with Gasteiger partial charge in [0.05, 0.1) is 0 Å². The molecule has 0 rings (SSSR count). The summed E-state index contributed by atoms with van der Waals surface area (Å²) in [6.07, 6.45) is 46.7. The lowest BCUT2D eigenvalue weighted by molar-refractivity contribution is -0.167. The average molecular weight is 779 g/mol. The molecule has 0 bridgehead atoms. The predicted molar refractivity (Wildman–Crippen MR) is 233 cm³/mol. The Morgan fingerprint density at radius 2 is 0.491 bits per heavy atom. The number of carbonyl (C=O) groups excluding carboxylic acids is 3. The summed E-state index contributed by atoms with van der Waals surface area (Å²) in [5, 5.41) is 0. The zero-order chi connectivity index (χ0) is 40.1. The van der Waals surface area contributed by atoms with E-state index in [9.17, 15) is 14.4 Å². The first-order chi connectivity index (χ1) is 27.0. The standard InChI is InChI=1S/C49H94O6/c1-4-7-10-13-16-18-20-22-23-24-25-26-27-29-31-34-36-39-42-48(51)54-45-46(55-49(52)43-40-37-32-15-12-9-6-3)44-53-47(50)41-38-35-33-30-28-21-19-17-14-11-8-5-2/h46H,4-45H2,1-3H3/t46-/m0/s1. The monoisotopic (exact) mass is 779 g/mol. The number of carbonyl (C=O) groups is 3. The zero-order valence-corrected chi connectivity index (χ0v) is 37.2. The summed E-state index contributed by atoms with van der Waals surface area (Å²) in [4.78, 5) is 37.6. The third-order valence-electron chi connectivity index (χ3n) is 11.1. The molecule has 0 aliphatic carbocycles. The second-order valence-electron chi connectivity index (χ2n) is 16.7. The number of rotatable bonds is 45. The van der Waals surface area contributed by atoms with Crippen LogP contribution >= 0.6 is 0 Å².